The van der Waals surface area contributed by atoms with Crippen LogP contribution < -0.4 is 0 Å². The van der Waals surface area contributed by atoms with Gasteiger partial charge >= 0.3 is 0 Å². The molecule has 0 aromatic heterocycles. The number of likely N-dealkylation sites (tertiary alicyclic amines) is 1. The average molecular weight is 141 g/mol. The van der Waals surface area contributed by atoms with E-state index in [1.54, 1.807) is 0 Å². The summed E-state index contributed by atoms with van der Waals surface area (Å²) >= 11 is 0. The lowest BCUT2D eigenvalue weighted by Crippen LogP contribution is -2.21. The summed E-state index contributed by atoms with van der Waals surface area (Å²) in [5, 5.41) is 9.13. The van der Waals surface area contributed by atoms with Crippen LogP contribution in [0.3, 0.4) is 0 Å². The number of hydrogen-bond acceptors (Lipinski definition) is 2. The molecule has 1 N–H and O–H groups in total. The minimum atomic E-state index is -0.0785. The van der Waals surface area contributed by atoms with Crippen molar-refractivity contribution in [2.24, 2.45) is 0 Å². The smallest absolute Gasteiger partial charge is 0.0679 e. The van der Waals surface area contributed by atoms with Crippen molar-refractivity contribution in [2.75, 3.05) is 19.6 Å². The number of hydrogen-bond donors (Lipinski definition) is 1. The Balaban J connectivity index is 2.18. The molecule has 0 aliphatic carbocycles. The molecule has 1 fully saturated rings. The van der Waals surface area contributed by atoms with E-state index in [1.165, 1.54) is 0 Å². The van der Waals surface area contributed by atoms with Gasteiger partial charge in [0.15, 0.2) is 0 Å². The SMILES string of the molecule is CC=CCN1CCC(O)C1. The van der Waals surface area contributed by atoms with E-state index in [0.29, 0.717) is 0 Å². The first kappa shape index (κ1) is 7.76. The van der Waals surface area contributed by atoms with Gasteiger partial charge in [0.25, 0.3) is 0 Å². The molecule has 0 bridgehead atoms. The van der Waals surface area contributed by atoms with Gasteiger partial charge in [-0.05, 0) is 13.3 Å². The highest BCUT2D eigenvalue weighted by Crippen LogP contribution is 2.07. The molecular formula is C8H15NO. The fourth-order valence-electron chi connectivity index (χ4n) is 1.23. The maximum atomic E-state index is 9.13. The van der Waals surface area contributed by atoms with E-state index >= 15 is 0 Å². The molecule has 0 saturated carbocycles. The highest BCUT2D eigenvalue weighted by atomic mass is 16.3. The molecule has 1 aliphatic rings. The predicted molar refractivity (Wildman–Crippen MR) is 41.9 cm³/mol. The van der Waals surface area contributed by atoms with Crippen LogP contribution in [0.25, 0.3) is 0 Å². The van der Waals surface area contributed by atoms with Crippen molar-refractivity contribution >= 4 is 0 Å². The minimum absolute atomic E-state index is 0.0785. The number of allylic oxidation sites excluding steroid dienone is 1. The monoisotopic (exact) mass is 141 g/mol. The quantitative estimate of drug-likeness (QED) is 0.570. The molecule has 1 rings (SSSR count). The second kappa shape index (κ2) is 3.74. The molecule has 0 aromatic rings. The van der Waals surface area contributed by atoms with Crippen LogP contribution in [0.4, 0.5) is 0 Å². The van der Waals surface area contributed by atoms with Crippen molar-refractivity contribution in [3.8, 4) is 0 Å². The lowest BCUT2D eigenvalue weighted by atomic mass is 10.3. The molecule has 2 nitrogen and oxygen atoms in total. The van der Waals surface area contributed by atoms with Crippen LogP contribution in [0.2, 0.25) is 0 Å². The van der Waals surface area contributed by atoms with Gasteiger partial charge in [0.2, 0.25) is 0 Å². The second-order valence-corrected chi connectivity index (χ2v) is 2.77. The van der Waals surface area contributed by atoms with Gasteiger partial charge in [-0.1, -0.05) is 12.2 Å². The Hall–Kier alpha value is -0.340. The van der Waals surface area contributed by atoms with Crippen LogP contribution in [0.15, 0.2) is 12.2 Å². The van der Waals surface area contributed by atoms with E-state index in [4.69, 9.17) is 5.11 Å². The Morgan fingerprint density at radius 3 is 3.00 bits per heavy atom. The van der Waals surface area contributed by atoms with E-state index < -0.39 is 0 Å². The summed E-state index contributed by atoms with van der Waals surface area (Å²) in [6.45, 7) is 4.91. The standard InChI is InChI=1S/C8H15NO/c1-2-3-5-9-6-4-8(10)7-9/h2-3,8,10H,4-7H2,1H3. The number of nitrogens with zero attached hydrogens (tertiary/aromatic N) is 1. The van der Waals surface area contributed by atoms with E-state index in [9.17, 15) is 0 Å². The van der Waals surface area contributed by atoms with Gasteiger partial charge in [0.1, 0.15) is 0 Å². The van der Waals surface area contributed by atoms with Crippen molar-refractivity contribution in [3.63, 3.8) is 0 Å². The molecule has 10 heavy (non-hydrogen) atoms. The third-order valence-corrected chi connectivity index (χ3v) is 1.85. The maximum absolute atomic E-state index is 9.13. The molecule has 58 valence electrons. The lowest BCUT2D eigenvalue weighted by Gasteiger charge is -2.10. The Kier molecular flexibility index (Phi) is 2.90. The van der Waals surface area contributed by atoms with Gasteiger partial charge in [-0.3, -0.25) is 4.90 Å². The Bertz CT molecular complexity index is 122. The molecule has 1 saturated heterocycles. The Morgan fingerprint density at radius 1 is 1.70 bits per heavy atom. The van der Waals surface area contributed by atoms with E-state index in [0.717, 1.165) is 26.1 Å². The third-order valence-electron chi connectivity index (χ3n) is 1.85. The molecule has 1 atom stereocenters. The predicted octanol–water partition coefficient (Wildman–Crippen LogP) is 0.629. The topological polar surface area (TPSA) is 23.5 Å². The van der Waals surface area contributed by atoms with Crippen LogP contribution in [0.5, 0.6) is 0 Å². The van der Waals surface area contributed by atoms with Crippen molar-refractivity contribution in [1.82, 2.24) is 4.90 Å². The van der Waals surface area contributed by atoms with E-state index in [2.05, 4.69) is 11.0 Å². The Labute approximate surface area is 62.2 Å². The average Bonchev–Trinajstić information content (AvgIpc) is 2.31. The van der Waals surface area contributed by atoms with Gasteiger partial charge in [0, 0.05) is 19.6 Å². The summed E-state index contributed by atoms with van der Waals surface area (Å²) in [6.07, 6.45) is 5.03. The van der Waals surface area contributed by atoms with Crippen molar-refractivity contribution in [1.29, 1.82) is 0 Å². The van der Waals surface area contributed by atoms with Crippen molar-refractivity contribution in [2.45, 2.75) is 19.4 Å². The van der Waals surface area contributed by atoms with Crippen molar-refractivity contribution in [3.05, 3.63) is 12.2 Å². The summed E-state index contributed by atoms with van der Waals surface area (Å²) in [4.78, 5) is 2.25. The van der Waals surface area contributed by atoms with Crippen LogP contribution in [-0.2, 0) is 0 Å². The van der Waals surface area contributed by atoms with Crippen LogP contribution in [0, 0.1) is 0 Å². The lowest BCUT2D eigenvalue weighted by molar-refractivity contribution is 0.179. The third kappa shape index (κ3) is 2.12. The largest absolute Gasteiger partial charge is 0.392 e. The number of aliphatic hydroxyl groups excluding tert-OH is 1. The molecular weight excluding hydrogens is 126 g/mol. The highest BCUT2D eigenvalue weighted by Gasteiger charge is 2.17. The molecule has 1 aliphatic heterocycles. The highest BCUT2D eigenvalue weighted by molar-refractivity contribution is 4.84. The number of aliphatic hydroxyl groups is 1. The van der Waals surface area contributed by atoms with Gasteiger partial charge < -0.3 is 5.11 Å². The zero-order valence-electron chi connectivity index (χ0n) is 6.45. The summed E-state index contributed by atoms with van der Waals surface area (Å²) in [5.74, 6) is 0. The van der Waals surface area contributed by atoms with Gasteiger partial charge in [-0.15, -0.1) is 0 Å². The van der Waals surface area contributed by atoms with Crippen molar-refractivity contribution < 1.29 is 5.11 Å². The molecule has 0 spiro atoms. The molecule has 2 heteroatoms. The van der Waals surface area contributed by atoms with Crippen LogP contribution >= 0.6 is 0 Å². The molecule has 1 heterocycles. The summed E-state index contributed by atoms with van der Waals surface area (Å²) < 4.78 is 0. The minimum Gasteiger partial charge on any atom is -0.392 e. The van der Waals surface area contributed by atoms with Crippen LogP contribution in [-0.4, -0.2) is 35.7 Å². The fourth-order valence-corrected chi connectivity index (χ4v) is 1.23. The fraction of sp³-hybridized carbons (Fsp3) is 0.750. The van der Waals surface area contributed by atoms with Gasteiger partial charge in [0.05, 0.1) is 6.10 Å². The summed E-state index contributed by atoms with van der Waals surface area (Å²) in [7, 11) is 0. The second-order valence-electron chi connectivity index (χ2n) is 2.77. The number of rotatable bonds is 2. The van der Waals surface area contributed by atoms with E-state index in [1.807, 2.05) is 13.0 Å². The number of β-amino-alcohol motifs (C(OH)–C–C–N with tert-alkyl or cyclic N) is 1. The zero-order chi connectivity index (χ0) is 7.40. The van der Waals surface area contributed by atoms with E-state index in [-0.39, 0.29) is 6.10 Å². The molecule has 0 aromatic carbocycles. The zero-order valence-corrected chi connectivity index (χ0v) is 6.45. The first-order valence-corrected chi connectivity index (χ1v) is 3.84. The molecule has 0 radical (unpaired) electrons. The molecule has 0 amide bonds. The van der Waals surface area contributed by atoms with Crippen LogP contribution in [0.1, 0.15) is 13.3 Å². The summed E-state index contributed by atoms with van der Waals surface area (Å²) in [6, 6.07) is 0. The Morgan fingerprint density at radius 2 is 2.50 bits per heavy atom. The normalized spacial score (nSPS) is 28.4. The molecule has 1 unspecified atom stereocenters. The van der Waals surface area contributed by atoms with Gasteiger partial charge in [-0.2, -0.15) is 0 Å². The van der Waals surface area contributed by atoms with Gasteiger partial charge in [-0.25, -0.2) is 0 Å². The first-order valence-electron chi connectivity index (χ1n) is 3.84. The maximum Gasteiger partial charge on any atom is 0.0679 e. The first-order chi connectivity index (χ1) is 4.83. The summed E-state index contributed by atoms with van der Waals surface area (Å²) in [5.41, 5.74) is 0.